The Hall–Kier alpha value is -2.00. The molecule has 0 aromatic heterocycles. The van der Waals surface area contributed by atoms with Crippen molar-refractivity contribution < 1.29 is 18.0 Å². The molecule has 2 amide bonds. The van der Waals surface area contributed by atoms with E-state index in [-0.39, 0.29) is 18.5 Å². The number of hydrogen-bond donors (Lipinski definition) is 1. The molecule has 7 nitrogen and oxygen atoms in total. The van der Waals surface area contributed by atoms with Gasteiger partial charge in [0, 0.05) is 33.2 Å². The zero-order valence-electron chi connectivity index (χ0n) is 21.8. The maximum atomic E-state index is 13.9. The lowest BCUT2D eigenvalue weighted by Crippen LogP contribution is -2.54. The Morgan fingerprint density at radius 2 is 1.68 bits per heavy atom. The molecule has 0 saturated heterocycles. The molecule has 2 aromatic carbocycles. The quantitative estimate of drug-likeness (QED) is 0.363. The first-order valence-corrected chi connectivity index (χ1v) is 15.7. The Balaban J connectivity index is 1.98. The van der Waals surface area contributed by atoms with Gasteiger partial charge in [-0.1, -0.05) is 67.1 Å². The zero-order valence-corrected chi connectivity index (χ0v) is 24.9. The van der Waals surface area contributed by atoms with Crippen LogP contribution >= 0.6 is 34.8 Å². The van der Waals surface area contributed by atoms with Crippen molar-refractivity contribution >= 4 is 62.3 Å². The van der Waals surface area contributed by atoms with Gasteiger partial charge in [0.15, 0.2) is 0 Å². The van der Waals surface area contributed by atoms with E-state index in [0.29, 0.717) is 38.3 Å². The molecule has 1 saturated carbocycles. The van der Waals surface area contributed by atoms with Crippen molar-refractivity contribution in [2.45, 2.75) is 71.0 Å². The van der Waals surface area contributed by atoms with Gasteiger partial charge in [0.05, 0.1) is 11.9 Å². The van der Waals surface area contributed by atoms with Crippen LogP contribution in [0.1, 0.15) is 56.6 Å². The second kappa shape index (κ2) is 13.4. The van der Waals surface area contributed by atoms with Gasteiger partial charge < -0.3 is 10.2 Å². The van der Waals surface area contributed by atoms with Crippen LogP contribution in [0, 0.1) is 6.92 Å². The third-order valence-corrected chi connectivity index (χ3v) is 8.90. The van der Waals surface area contributed by atoms with Crippen LogP contribution in [0.5, 0.6) is 0 Å². The number of hydrogen-bond acceptors (Lipinski definition) is 4. The van der Waals surface area contributed by atoms with E-state index in [9.17, 15) is 18.0 Å². The SMILES string of the molecule is CC[C@@H](C(=O)NC1CCCCC1)N(Cc1c(Cl)cccc1Cl)C(=O)CN(c1ccc(Cl)cc1C)S(C)(=O)=O. The van der Waals surface area contributed by atoms with Crippen LogP contribution in [0.4, 0.5) is 5.69 Å². The summed E-state index contributed by atoms with van der Waals surface area (Å²) in [5.74, 6) is -0.823. The molecule has 0 radical (unpaired) electrons. The summed E-state index contributed by atoms with van der Waals surface area (Å²) in [5.41, 5.74) is 1.42. The number of sulfonamides is 1. The normalized spacial score (nSPS) is 15.1. The largest absolute Gasteiger partial charge is 0.352 e. The van der Waals surface area contributed by atoms with Gasteiger partial charge >= 0.3 is 0 Å². The Kier molecular flexibility index (Phi) is 10.7. The molecular weight excluding hydrogens is 569 g/mol. The van der Waals surface area contributed by atoms with Crippen LogP contribution in [0.2, 0.25) is 15.1 Å². The molecule has 0 aliphatic heterocycles. The van der Waals surface area contributed by atoms with Crippen LogP contribution < -0.4 is 9.62 Å². The van der Waals surface area contributed by atoms with Gasteiger partial charge in [0.25, 0.3) is 0 Å². The second-order valence-electron chi connectivity index (χ2n) is 9.69. The summed E-state index contributed by atoms with van der Waals surface area (Å²) in [6, 6.07) is 8.99. The van der Waals surface area contributed by atoms with Gasteiger partial charge in [0.2, 0.25) is 21.8 Å². The molecule has 0 heterocycles. The summed E-state index contributed by atoms with van der Waals surface area (Å²) in [6.07, 6.45) is 6.38. The highest BCUT2D eigenvalue weighted by molar-refractivity contribution is 7.92. The van der Waals surface area contributed by atoms with E-state index in [2.05, 4.69) is 5.32 Å². The number of benzene rings is 2. The third-order valence-electron chi connectivity index (χ3n) is 6.83. The Morgan fingerprint density at radius 1 is 1.05 bits per heavy atom. The summed E-state index contributed by atoms with van der Waals surface area (Å²) < 4.78 is 26.7. The van der Waals surface area contributed by atoms with E-state index >= 15 is 0 Å². The molecular formula is C27H34Cl3N3O4S. The molecule has 0 bridgehead atoms. The lowest BCUT2D eigenvalue weighted by Gasteiger charge is -2.34. The minimum atomic E-state index is -3.86. The number of anilines is 1. The first-order valence-electron chi connectivity index (χ1n) is 12.7. The molecule has 0 unspecified atom stereocenters. The molecule has 1 aliphatic rings. The molecule has 11 heteroatoms. The molecule has 1 atom stereocenters. The Bertz CT molecular complexity index is 1250. The molecule has 208 valence electrons. The zero-order chi connectivity index (χ0) is 28.0. The second-order valence-corrected chi connectivity index (χ2v) is 12.8. The highest BCUT2D eigenvalue weighted by atomic mass is 35.5. The van der Waals surface area contributed by atoms with Crippen molar-refractivity contribution in [3.8, 4) is 0 Å². The predicted octanol–water partition coefficient (Wildman–Crippen LogP) is 5.98. The van der Waals surface area contributed by atoms with E-state index in [1.807, 2.05) is 6.92 Å². The van der Waals surface area contributed by atoms with Crippen molar-refractivity contribution in [2.24, 2.45) is 0 Å². The van der Waals surface area contributed by atoms with Crippen molar-refractivity contribution in [3.05, 3.63) is 62.6 Å². The minimum Gasteiger partial charge on any atom is -0.352 e. The highest BCUT2D eigenvalue weighted by Gasteiger charge is 2.33. The van der Waals surface area contributed by atoms with Gasteiger partial charge in [-0.15, -0.1) is 0 Å². The highest BCUT2D eigenvalue weighted by Crippen LogP contribution is 2.29. The van der Waals surface area contributed by atoms with Crippen LogP contribution in [0.15, 0.2) is 36.4 Å². The number of nitrogens with zero attached hydrogens (tertiary/aromatic N) is 2. The van der Waals surface area contributed by atoms with Crippen LogP contribution in [-0.2, 0) is 26.2 Å². The number of halogens is 3. The van der Waals surface area contributed by atoms with E-state index in [4.69, 9.17) is 34.8 Å². The maximum Gasteiger partial charge on any atom is 0.244 e. The first kappa shape index (κ1) is 30.5. The van der Waals surface area contributed by atoms with E-state index in [1.165, 1.54) is 4.90 Å². The molecule has 1 aliphatic carbocycles. The molecule has 0 spiro atoms. The smallest absolute Gasteiger partial charge is 0.244 e. The number of aryl methyl sites for hydroxylation is 1. The molecule has 2 aromatic rings. The maximum absolute atomic E-state index is 13.9. The van der Waals surface area contributed by atoms with Gasteiger partial charge in [-0.25, -0.2) is 8.42 Å². The number of rotatable bonds is 10. The molecule has 38 heavy (non-hydrogen) atoms. The van der Waals surface area contributed by atoms with Crippen molar-refractivity contribution in [3.63, 3.8) is 0 Å². The van der Waals surface area contributed by atoms with Gasteiger partial charge in [-0.2, -0.15) is 0 Å². The number of carbonyl (C=O) groups excluding carboxylic acids is 2. The summed E-state index contributed by atoms with van der Waals surface area (Å²) >= 11 is 18.9. The number of amides is 2. The fourth-order valence-electron chi connectivity index (χ4n) is 4.81. The van der Waals surface area contributed by atoms with Crippen molar-refractivity contribution in [1.29, 1.82) is 0 Å². The lowest BCUT2D eigenvalue weighted by molar-refractivity contribution is -0.140. The van der Waals surface area contributed by atoms with Crippen LogP contribution in [0.3, 0.4) is 0 Å². The average Bonchev–Trinajstić information content (AvgIpc) is 2.84. The summed E-state index contributed by atoms with van der Waals surface area (Å²) in [4.78, 5) is 28.8. The molecule has 3 rings (SSSR count). The molecule has 1 fully saturated rings. The standard InChI is InChI=1S/C27H34Cl3N3O4S/c1-4-24(27(35)31-20-9-6-5-7-10-20)32(16-21-22(29)11-8-12-23(21)30)26(34)17-33(38(3,36)37)25-14-13-19(28)15-18(25)2/h8,11-15,20,24H,4-7,9-10,16-17H2,1-3H3,(H,31,35)/t24-/m0/s1. The van der Waals surface area contributed by atoms with Crippen molar-refractivity contribution in [1.82, 2.24) is 10.2 Å². The number of carbonyl (C=O) groups is 2. The van der Waals surface area contributed by atoms with Crippen LogP contribution in [0.25, 0.3) is 0 Å². The van der Waals surface area contributed by atoms with E-state index < -0.39 is 28.5 Å². The number of nitrogens with one attached hydrogen (secondary N) is 1. The average molecular weight is 603 g/mol. The Labute approximate surface area is 240 Å². The molecule has 1 N–H and O–H groups in total. The summed E-state index contributed by atoms with van der Waals surface area (Å²) in [7, 11) is -3.86. The van der Waals surface area contributed by atoms with Gasteiger partial charge in [0.1, 0.15) is 12.6 Å². The minimum absolute atomic E-state index is 0.0505. The topological polar surface area (TPSA) is 86.8 Å². The first-order chi connectivity index (χ1) is 17.9. The summed E-state index contributed by atoms with van der Waals surface area (Å²) in [5, 5.41) is 4.26. The van der Waals surface area contributed by atoms with Gasteiger partial charge in [-0.3, -0.25) is 13.9 Å². The fourth-order valence-corrected chi connectivity index (χ4v) is 6.46. The third kappa shape index (κ3) is 7.78. The van der Waals surface area contributed by atoms with Crippen molar-refractivity contribution in [2.75, 3.05) is 17.1 Å². The van der Waals surface area contributed by atoms with E-state index in [0.717, 1.165) is 42.7 Å². The Morgan fingerprint density at radius 3 is 2.24 bits per heavy atom. The predicted molar refractivity (Wildman–Crippen MR) is 154 cm³/mol. The monoisotopic (exact) mass is 601 g/mol. The van der Waals surface area contributed by atoms with Gasteiger partial charge in [-0.05, 0) is 62.1 Å². The summed E-state index contributed by atoms with van der Waals surface area (Å²) in [6.45, 7) is 2.98. The van der Waals surface area contributed by atoms with Crippen LogP contribution in [-0.4, -0.2) is 50.0 Å². The fraction of sp³-hybridized carbons (Fsp3) is 0.481. The van der Waals surface area contributed by atoms with E-state index in [1.54, 1.807) is 43.3 Å². The lowest BCUT2D eigenvalue weighted by atomic mass is 9.95.